The number of benzene rings is 1. The van der Waals surface area contributed by atoms with E-state index < -0.39 is 16.3 Å². The average molecular weight is 305 g/mol. The van der Waals surface area contributed by atoms with Crippen LogP contribution in [-0.2, 0) is 19.5 Å². The van der Waals surface area contributed by atoms with Crippen LogP contribution in [-0.4, -0.2) is 35.5 Å². The van der Waals surface area contributed by atoms with Crippen molar-refractivity contribution in [3.63, 3.8) is 0 Å². The number of nitrogens with one attached hydrogen (secondary N) is 1. The number of hydrogen-bond donors (Lipinski definition) is 1. The molecule has 0 heterocycles. The van der Waals surface area contributed by atoms with Gasteiger partial charge in [0.25, 0.3) is 0 Å². The molecular weight excluding hydrogens is 292 g/mol. The van der Waals surface area contributed by atoms with E-state index >= 15 is 0 Å². The second-order valence-corrected chi connectivity index (χ2v) is 5.65. The summed E-state index contributed by atoms with van der Waals surface area (Å²) >= 11 is 5.83. The minimum absolute atomic E-state index is 0.0397. The number of ether oxygens (including phenoxy) is 2. The Morgan fingerprint density at radius 3 is 2.58 bits per heavy atom. The summed E-state index contributed by atoms with van der Waals surface area (Å²) in [6.45, 7) is -0.0670. The van der Waals surface area contributed by atoms with Gasteiger partial charge in [0.15, 0.2) is 6.29 Å². The lowest BCUT2D eigenvalue weighted by molar-refractivity contribution is -0.0960. The Labute approximate surface area is 116 Å². The van der Waals surface area contributed by atoms with Crippen LogP contribution in [0.4, 0.5) is 0 Å². The number of nitrogens with zero attached hydrogens (tertiary/aromatic N) is 1. The molecule has 0 atom stereocenters. The third-order valence-corrected chi connectivity index (χ3v) is 4.22. The highest BCUT2D eigenvalue weighted by Gasteiger charge is 2.20. The van der Waals surface area contributed by atoms with Gasteiger partial charge in [0.1, 0.15) is 4.90 Å². The first-order valence-corrected chi connectivity index (χ1v) is 7.05. The van der Waals surface area contributed by atoms with E-state index in [2.05, 4.69) is 4.72 Å². The molecule has 0 aliphatic rings. The molecule has 0 spiro atoms. The van der Waals surface area contributed by atoms with Crippen LogP contribution >= 0.6 is 11.6 Å². The lowest BCUT2D eigenvalue weighted by atomic mass is 10.2. The summed E-state index contributed by atoms with van der Waals surface area (Å²) in [7, 11) is -1.04. The summed E-state index contributed by atoms with van der Waals surface area (Å²) in [6, 6.07) is 5.86. The molecule has 0 fully saturated rings. The normalized spacial score (nSPS) is 11.5. The summed E-state index contributed by atoms with van der Waals surface area (Å²) in [6.07, 6.45) is -0.701. The minimum atomic E-state index is -3.83. The second kappa shape index (κ2) is 6.84. The molecule has 0 aliphatic carbocycles. The number of rotatable bonds is 6. The molecule has 1 aromatic rings. The summed E-state index contributed by atoms with van der Waals surface area (Å²) in [5.74, 6) is 0. The van der Waals surface area contributed by atoms with Crippen molar-refractivity contribution in [2.45, 2.75) is 11.2 Å². The maximum Gasteiger partial charge on any atom is 0.242 e. The Morgan fingerprint density at radius 1 is 1.42 bits per heavy atom. The van der Waals surface area contributed by atoms with E-state index in [0.717, 1.165) is 0 Å². The molecule has 1 rings (SSSR count). The highest BCUT2D eigenvalue weighted by molar-refractivity contribution is 7.89. The van der Waals surface area contributed by atoms with E-state index in [0.29, 0.717) is 0 Å². The predicted octanol–water partition coefficient (Wildman–Crippen LogP) is 1.11. The zero-order valence-electron chi connectivity index (χ0n) is 10.4. The van der Waals surface area contributed by atoms with E-state index in [1.807, 2.05) is 6.07 Å². The van der Waals surface area contributed by atoms with Crippen LogP contribution < -0.4 is 4.72 Å². The molecule has 6 nitrogen and oxygen atoms in total. The molecule has 0 aliphatic heterocycles. The van der Waals surface area contributed by atoms with Crippen molar-refractivity contribution < 1.29 is 17.9 Å². The van der Waals surface area contributed by atoms with Gasteiger partial charge < -0.3 is 9.47 Å². The highest BCUT2D eigenvalue weighted by atomic mass is 35.5. The van der Waals surface area contributed by atoms with Crippen molar-refractivity contribution in [2.75, 3.05) is 20.8 Å². The van der Waals surface area contributed by atoms with Crippen LogP contribution in [0.15, 0.2) is 23.1 Å². The highest BCUT2D eigenvalue weighted by Crippen LogP contribution is 2.22. The molecule has 0 unspecified atom stereocenters. The third kappa shape index (κ3) is 4.16. The molecule has 0 bridgehead atoms. The topological polar surface area (TPSA) is 88.4 Å². The van der Waals surface area contributed by atoms with E-state index in [9.17, 15) is 8.42 Å². The molecule has 0 aromatic heterocycles. The van der Waals surface area contributed by atoms with E-state index in [-0.39, 0.29) is 22.0 Å². The van der Waals surface area contributed by atoms with Crippen molar-refractivity contribution in [3.8, 4) is 6.07 Å². The van der Waals surface area contributed by atoms with Crippen LogP contribution in [0.1, 0.15) is 5.56 Å². The van der Waals surface area contributed by atoms with Crippen LogP contribution in [0.3, 0.4) is 0 Å². The van der Waals surface area contributed by atoms with Crippen molar-refractivity contribution in [1.29, 1.82) is 5.26 Å². The standard InChI is InChI=1S/C11H13ClN2O4S/c1-17-11(18-2)7-14-19(15,16)10-5-8(6-13)3-4-9(10)12/h3-5,11,14H,7H2,1-2H3. The van der Waals surface area contributed by atoms with Crippen LogP contribution in [0.2, 0.25) is 5.02 Å². The molecule has 8 heteroatoms. The van der Waals surface area contributed by atoms with Crippen LogP contribution in [0, 0.1) is 11.3 Å². The van der Waals surface area contributed by atoms with Gasteiger partial charge in [-0.15, -0.1) is 0 Å². The fourth-order valence-corrected chi connectivity index (χ4v) is 2.84. The van der Waals surface area contributed by atoms with Gasteiger partial charge in [0.05, 0.1) is 23.2 Å². The Balaban J connectivity index is 2.98. The van der Waals surface area contributed by atoms with Crippen LogP contribution in [0.25, 0.3) is 0 Å². The first-order valence-electron chi connectivity index (χ1n) is 5.19. The molecule has 0 radical (unpaired) electrons. The smallest absolute Gasteiger partial charge is 0.242 e. The molecule has 104 valence electrons. The molecular formula is C11H13ClN2O4S. The average Bonchev–Trinajstić information content (AvgIpc) is 2.40. The molecule has 0 saturated carbocycles. The summed E-state index contributed by atoms with van der Waals surface area (Å²) < 4.78 is 36.1. The second-order valence-electron chi connectivity index (χ2n) is 3.51. The van der Waals surface area contributed by atoms with Gasteiger partial charge in [-0.05, 0) is 18.2 Å². The molecule has 1 N–H and O–H groups in total. The summed E-state index contributed by atoms with van der Waals surface area (Å²) in [5.41, 5.74) is 0.208. The summed E-state index contributed by atoms with van der Waals surface area (Å²) in [5, 5.41) is 8.80. The lowest BCUT2D eigenvalue weighted by Gasteiger charge is -2.14. The monoisotopic (exact) mass is 304 g/mol. The fourth-order valence-electron chi connectivity index (χ4n) is 1.30. The van der Waals surface area contributed by atoms with Gasteiger partial charge in [-0.2, -0.15) is 5.26 Å². The number of halogens is 1. The van der Waals surface area contributed by atoms with E-state index in [1.165, 1.54) is 32.4 Å². The Morgan fingerprint density at radius 2 is 2.05 bits per heavy atom. The van der Waals surface area contributed by atoms with Gasteiger partial charge in [-0.25, -0.2) is 13.1 Å². The predicted molar refractivity (Wildman–Crippen MR) is 69.2 cm³/mol. The first kappa shape index (κ1) is 15.9. The largest absolute Gasteiger partial charge is 0.355 e. The van der Waals surface area contributed by atoms with E-state index in [4.69, 9.17) is 26.3 Å². The van der Waals surface area contributed by atoms with Crippen molar-refractivity contribution >= 4 is 21.6 Å². The van der Waals surface area contributed by atoms with Crippen molar-refractivity contribution in [3.05, 3.63) is 28.8 Å². The zero-order valence-corrected chi connectivity index (χ0v) is 12.0. The van der Waals surface area contributed by atoms with Gasteiger partial charge >= 0.3 is 0 Å². The number of hydrogen-bond acceptors (Lipinski definition) is 5. The van der Waals surface area contributed by atoms with Crippen LogP contribution in [0.5, 0.6) is 0 Å². The maximum atomic E-state index is 12.0. The van der Waals surface area contributed by atoms with Crippen molar-refractivity contribution in [2.24, 2.45) is 0 Å². The minimum Gasteiger partial charge on any atom is -0.355 e. The van der Waals surface area contributed by atoms with Crippen molar-refractivity contribution in [1.82, 2.24) is 4.72 Å². The van der Waals surface area contributed by atoms with E-state index in [1.54, 1.807) is 0 Å². The Kier molecular flexibility index (Phi) is 5.72. The fraction of sp³-hybridized carbons (Fsp3) is 0.364. The Bertz CT molecular complexity index is 579. The third-order valence-electron chi connectivity index (χ3n) is 2.32. The summed E-state index contributed by atoms with van der Waals surface area (Å²) in [4.78, 5) is -0.154. The SMILES string of the molecule is COC(CNS(=O)(=O)c1cc(C#N)ccc1Cl)OC. The van der Waals surface area contributed by atoms with Gasteiger partial charge in [0.2, 0.25) is 10.0 Å². The molecule has 19 heavy (non-hydrogen) atoms. The Hall–Kier alpha value is -1.17. The maximum absolute atomic E-state index is 12.0. The first-order chi connectivity index (χ1) is 8.94. The zero-order chi connectivity index (χ0) is 14.5. The van der Waals surface area contributed by atoms with Gasteiger partial charge in [-0.3, -0.25) is 0 Å². The lowest BCUT2D eigenvalue weighted by Crippen LogP contribution is -2.34. The number of sulfonamides is 1. The van der Waals surface area contributed by atoms with Gasteiger partial charge in [0, 0.05) is 14.2 Å². The quantitative estimate of drug-likeness (QED) is 0.795. The number of nitriles is 1. The van der Waals surface area contributed by atoms with Gasteiger partial charge in [-0.1, -0.05) is 11.6 Å². The molecule has 0 amide bonds. The molecule has 1 aromatic carbocycles. The number of methoxy groups -OCH3 is 2. The molecule has 0 saturated heterocycles.